The number of hydrogen-bond acceptors (Lipinski definition) is 8. The van der Waals surface area contributed by atoms with E-state index in [1.807, 2.05) is 23.7 Å². The van der Waals surface area contributed by atoms with E-state index in [1.54, 1.807) is 31.5 Å². The molecule has 1 fully saturated rings. The summed E-state index contributed by atoms with van der Waals surface area (Å²) in [4.78, 5) is 4.40. The molecular formula is C25H33N3O7S. The van der Waals surface area contributed by atoms with E-state index in [0.29, 0.717) is 25.5 Å². The van der Waals surface area contributed by atoms with Gasteiger partial charge in [-0.25, -0.2) is 4.68 Å². The van der Waals surface area contributed by atoms with Gasteiger partial charge in [0.15, 0.2) is 6.23 Å². The second-order valence-electron chi connectivity index (χ2n) is 9.26. The topological polar surface area (TPSA) is 133 Å². The molecule has 0 saturated carbocycles. The van der Waals surface area contributed by atoms with Crippen molar-refractivity contribution >= 4 is 21.0 Å². The van der Waals surface area contributed by atoms with Gasteiger partial charge in [0.25, 0.3) is 10.1 Å². The molecule has 0 spiro atoms. The van der Waals surface area contributed by atoms with Crippen molar-refractivity contribution in [1.29, 1.82) is 0 Å². The third-order valence-corrected chi connectivity index (χ3v) is 7.10. The fourth-order valence-electron chi connectivity index (χ4n) is 4.36. The molecule has 1 aliphatic heterocycles. The molecule has 3 aromatic rings. The number of fused-ring (bicyclic) bond motifs is 1. The van der Waals surface area contributed by atoms with Crippen LogP contribution in [0.4, 0.5) is 0 Å². The van der Waals surface area contributed by atoms with Gasteiger partial charge in [0, 0.05) is 30.0 Å². The number of nitrogens with zero attached hydrogens (tertiary/aromatic N) is 3. The van der Waals surface area contributed by atoms with Gasteiger partial charge in [0.05, 0.1) is 37.2 Å². The predicted octanol–water partition coefficient (Wildman–Crippen LogP) is 4.12. The Hall–Kier alpha value is -2.57. The fourth-order valence-corrected chi connectivity index (χ4v) is 5.18. The van der Waals surface area contributed by atoms with Crippen LogP contribution < -0.4 is 0 Å². The van der Waals surface area contributed by atoms with Crippen LogP contribution in [0.2, 0.25) is 0 Å². The molecular weight excluding hydrogens is 486 g/mol. The molecule has 2 aromatic heterocycles. The maximum Gasteiger partial charge on any atom is 0.265 e. The monoisotopic (exact) mass is 519 g/mol. The number of phenolic OH excluding ortho intramolecular Hbond substituents is 1. The average molecular weight is 520 g/mol. The largest absolute Gasteiger partial charge is 0.508 e. The number of aromatic nitrogens is 3. The quantitative estimate of drug-likeness (QED) is 0.283. The smallest absolute Gasteiger partial charge is 0.265 e. The van der Waals surface area contributed by atoms with Gasteiger partial charge in [0.1, 0.15) is 11.4 Å². The lowest BCUT2D eigenvalue weighted by Crippen LogP contribution is -2.19. The number of pyridine rings is 1. The Labute approximate surface area is 210 Å². The molecule has 10 nitrogen and oxygen atoms in total. The Morgan fingerprint density at radius 1 is 1.19 bits per heavy atom. The third-order valence-electron chi connectivity index (χ3n) is 6.11. The van der Waals surface area contributed by atoms with Crippen LogP contribution in [0.5, 0.6) is 5.75 Å². The summed E-state index contributed by atoms with van der Waals surface area (Å²) in [5.41, 5.74) is 3.28. The highest BCUT2D eigenvalue weighted by Crippen LogP contribution is 2.35. The minimum atomic E-state index is -4.01. The van der Waals surface area contributed by atoms with E-state index in [1.165, 1.54) is 0 Å². The molecule has 2 N–H and O–H groups in total. The molecule has 0 amide bonds. The van der Waals surface area contributed by atoms with Crippen LogP contribution in [0.15, 0.2) is 36.7 Å². The fraction of sp³-hybridized carbons (Fsp3) is 0.520. The van der Waals surface area contributed by atoms with Crippen LogP contribution >= 0.6 is 0 Å². The highest BCUT2D eigenvalue weighted by Gasteiger charge is 2.22. The van der Waals surface area contributed by atoms with Crippen LogP contribution in [0.3, 0.4) is 0 Å². The van der Waals surface area contributed by atoms with Crippen molar-refractivity contribution in [2.24, 2.45) is 5.92 Å². The van der Waals surface area contributed by atoms with Gasteiger partial charge in [-0.15, -0.1) is 0 Å². The van der Waals surface area contributed by atoms with E-state index in [2.05, 4.69) is 4.98 Å². The Morgan fingerprint density at radius 2 is 2.03 bits per heavy atom. The van der Waals surface area contributed by atoms with E-state index in [-0.39, 0.29) is 36.4 Å². The van der Waals surface area contributed by atoms with Crippen LogP contribution in [-0.4, -0.2) is 65.0 Å². The molecule has 1 aromatic carbocycles. The van der Waals surface area contributed by atoms with Crippen molar-refractivity contribution in [2.45, 2.75) is 45.4 Å². The highest BCUT2D eigenvalue weighted by molar-refractivity contribution is 7.85. The predicted molar refractivity (Wildman–Crippen MR) is 134 cm³/mol. The third kappa shape index (κ3) is 6.80. The first-order valence-electron chi connectivity index (χ1n) is 12.1. The van der Waals surface area contributed by atoms with Gasteiger partial charge in [-0.3, -0.25) is 9.54 Å². The minimum absolute atomic E-state index is 0.141. The molecule has 3 atom stereocenters. The van der Waals surface area contributed by atoms with Crippen molar-refractivity contribution < 1.29 is 32.3 Å². The first kappa shape index (κ1) is 26.5. The lowest BCUT2D eigenvalue weighted by molar-refractivity contribution is -0.0365. The lowest BCUT2D eigenvalue weighted by Gasteiger charge is -2.23. The van der Waals surface area contributed by atoms with Crippen molar-refractivity contribution in [3.63, 3.8) is 0 Å². The van der Waals surface area contributed by atoms with E-state index in [9.17, 15) is 13.5 Å². The number of ether oxygens (including phenoxy) is 3. The van der Waals surface area contributed by atoms with Gasteiger partial charge in [0.2, 0.25) is 0 Å². The molecule has 196 valence electrons. The standard InChI is InChI=1S/C25H33N3O7S/c1-17(16-36(30,31)32)15-33-9-10-34-18(2)19-11-20(14-26-13-19)25-22-12-21(29)6-7-23(22)28(27-25)24-5-3-4-8-35-24/h6-7,11-14,17-18,24,29H,3-5,8-10,15-16H2,1-2H3,(H,30,31,32)/t17-,18+,24?/m1/s1. The Kier molecular flexibility index (Phi) is 8.58. The lowest BCUT2D eigenvalue weighted by atomic mass is 10.1. The van der Waals surface area contributed by atoms with Crippen molar-refractivity contribution in [3.8, 4) is 17.0 Å². The van der Waals surface area contributed by atoms with E-state index >= 15 is 0 Å². The maximum atomic E-state index is 10.9. The summed E-state index contributed by atoms with van der Waals surface area (Å²) < 4.78 is 50.0. The van der Waals surface area contributed by atoms with Crippen LogP contribution in [0, 0.1) is 5.92 Å². The molecule has 11 heteroatoms. The van der Waals surface area contributed by atoms with E-state index in [0.717, 1.165) is 41.3 Å². The zero-order valence-electron chi connectivity index (χ0n) is 20.5. The Bertz CT molecular complexity index is 1270. The zero-order chi connectivity index (χ0) is 25.7. The Morgan fingerprint density at radius 3 is 2.78 bits per heavy atom. The second-order valence-corrected chi connectivity index (χ2v) is 10.8. The molecule has 1 saturated heterocycles. The van der Waals surface area contributed by atoms with Gasteiger partial charge >= 0.3 is 0 Å². The van der Waals surface area contributed by atoms with Gasteiger partial charge < -0.3 is 19.3 Å². The summed E-state index contributed by atoms with van der Waals surface area (Å²) in [6.45, 7) is 5.13. The summed E-state index contributed by atoms with van der Waals surface area (Å²) in [5, 5.41) is 15.8. The normalized spacial score (nSPS) is 18.4. The van der Waals surface area contributed by atoms with Crippen LogP contribution in [0.1, 0.15) is 51.0 Å². The van der Waals surface area contributed by atoms with Crippen molar-refractivity contribution in [1.82, 2.24) is 14.8 Å². The van der Waals surface area contributed by atoms with Gasteiger partial charge in [-0.05, 0) is 61.9 Å². The molecule has 0 bridgehead atoms. The SMILES string of the molecule is C[C@H](COCCO[C@@H](C)c1cncc(-c2nn(C3CCCCO3)c3ccc(O)cc23)c1)CS(=O)(=O)O. The number of phenols is 1. The van der Waals surface area contributed by atoms with Gasteiger partial charge in [-0.1, -0.05) is 6.92 Å². The summed E-state index contributed by atoms with van der Waals surface area (Å²) >= 11 is 0. The zero-order valence-corrected chi connectivity index (χ0v) is 21.4. The first-order chi connectivity index (χ1) is 17.2. The van der Waals surface area contributed by atoms with E-state index < -0.39 is 10.1 Å². The molecule has 0 aliphatic carbocycles. The summed E-state index contributed by atoms with van der Waals surface area (Å²) in [5.74, 6) is -0.483. The number of rotatable bonds is 11. The minimum Gasteiger partial charge on any atom is -0.508 e. The highest BCUT2D eigenvalue weighted by atomic mass is 32.2. The summed E-state index contributed by atoms with van der Waals surface area (Å²) in [6.07, 6.45) is 6.09. The maximum absolute atomic E-state index is 10.9. The van der Waals surface area contributed by atoms with Crippen molar-refractivity contribution in [3.05, 3.63) is 42.2 Å². The number of aromatic hydroxyl groups is 1. The second kappa shape index (κ2) is 11.7. The molecule has 4 rings (SSSR count). The molecule has 0 radical (unpaired) electrons. The number of hydrogen-bond donors (Lipinski definition) is 2. The summed E-state index contributed by atoms with van der Waals surface area (Å²) in [6, 6.07) is 7.21. The van der Waals surface area contributed by atoms with Gasteiger partial charge in [-0.2, -0.15) is 13.5 Å². The molecule has 3 heterocycles. The van der Waals surface area contributed by atoms with Crippen LogP contribution in [-0.2, 0) is 24.3 Å². The molecule has 1 unspecified atom stereocenters. The van der Waals surface area contributed by atoms with Crippen molar-refractivity contribution in [2.75, 3.05) is 32.2 Å². The van der Waals surface area contributed by atoms with E-state index in [4.69, 9.17) is 23.9 Å². The molecule has 1 aliphatic rings. The first-order valence-corrected chi connectivity index (χ1v) is 13.7. The summed E-state index contributed by atoms with van der Waals surface area (Å²) in [7, 11) is -4.01. The molecule has 36 heavy (non-hydrogen) atoms. The van der Waals surface area contributed by atoms with Crippen LogP contribution in [0.25, 0.3) is 22.2 Å². The Balaban J connectivity index is 1.44. The average Bonchev–Trinajstić information content (AvgIpc) is 3.22. The number of benzene rings is 1.